The molecule has 4 heteroatoms. The Kier molecular flexibility index (Phi) is 3.93. The third-order valence-corrected chi connectivity index (χ3v) is 4.82. The Bertz CT molecular complexity index is 943. The van der Waals surface area contributed by atoms with Crippen LogP contribution in [0.4, 0.5) is 0 Å². The van der Waals surface area contributed by atoms with Gasteiger partial charge in [0.15, 0.2) is 0 Å². The molecule has 0 radical (unpaired) electrons. The van der Waals surface area contributed by atoms with E-state index in [1.165, 1.54) is 11.1 Å². The summed E-state index contributed by atoms with van der Waals surface area (Å²) in [6.07, 6.45) is 1.63. The first-order valence-electron chi connectivity index (χ1n) is 7.50. The molecule has 0 heterocycles. The second kappa shape index (κ2) is 6.23. The number of fused-ring (bicyclic) bond motifs is 3. The number of benzene rings is 3. The quantitative estimate of drug-likeness (QED) is 0.320. The van der Waals surface area contributed by atoms with Crippen molar-refractivity contribution in [2.75, 3.05) is 0 Å². The Labute approximate surface area is 150 Å². The van der Waals surface area contributed by atoms with Crippen molar-refractivity contribution >= 4 is 35.1 Å². The minimum absolute atomic E-state index is 0.482. The molecule has 2 nitrogen and oxygen atoms in total. The van der Waals surface area contributed by atoms with E-state index >= 15 is 0 Å². The summed E-state index contributed by atoms with van der Waals surface area (Å²) in [4.78, 5) is 0. The maximum absolute atomic E-state index is 6.18. The van der Waals surface area contributed by atoms with Crippen LogP contribution < -0.4 is 0 Å². The van der Waals surface area contributed by atoms with Gasteiger partial charge in [-0.25, -0.2) is 0 Å². The number of rotatable bonds is 2. The molecule has 116 valence electrons. The van der Waals surface area contributed by atoms with Crippen LogP contribution in [0, 0.1) is 0 Å². The monoisotopic (exact) mass is 350 g/mol. The van der Waals surface area contributed by atoms with E-state index < -0.39 is 0 Å². The smallest absolute Gasteiger partial charge is 0.101 e. The van der Waals surface area contributed by atoms with Crippen LogP contribution >= 0.6 is 23.2 Å². The van der Waals surface area contributed by atoms with Crippen molar-refractivity contribution in [3.05, 3.63) is 93.5 Å². The van der Waals surface area contributed by atoms with E-state index in [0.717, 1.165) is 22.4 Å². The zero-order chi connectivity index (χ0) is 16.5. The van der Waals surface area contributed by atoms with Gasteiger partial charge in [0, 0.05) is 16.7 Å². The summed E-state index contributed by atoms with van der Waals surface area (Å²) < 4.78 is 0. The molecule has 3 aromatic rings. The van der Waals surface area contributed by atoms with Gasteiger partial charge in [-0.05, 0) is 17.2 Å². The Hall–Kier alpha value is -2.42. The molecule has 0 N–H and O–H groups in total. The van der Waals surface area contributed by atoms with Crippen molar-refractivity contribution in [2.24, 2.45) is 10.2 Å². The Morgan fingerprint density at radius 2 is 1.25 bits per heavy atom. The fraction of sp³-hybridized carbons (Fsp3) is 0. The number of halogens is 2. The van der Waals surface area contributed by atoms with Crippen molar-refractivity contribution in [3.63, 3.8) is 0 Å². The summed E-state index contributed by atoms with van der Waals surface area (Å²) >= 11 is 12.2. The average Bonchev–Trinajstić information content (AvgIpc) is 2.93. The predicted octanol–water partition coefficient (Wildman–Crippen LogP) is 5.85. The highest BCUT2D eigenvalue weighted by atomic mass is 35.5. The van der Waals surface area contributed by atoms with Crippen LogP contribution in [0.3, 0.4) is 0 Å². The summed E-state index contributed by atoms with van der Waals surface area (Å²) in [5.74, 6) is 0. The van der Waals surface area contributed by atoms with Gasteiger partial charge < -0.3 is 0 Å². The highest BCUT2D eigenvalue weighted by Crippen LogP contribution is 2.36. The van der Waals surface area contributed by atoms with E-state index in [1.54, 1.807) is 12.3 Å². The molecule has 0 saturated heterocycles. The van der Waals surface area contributed by atoms with Crippen LogP contribution in [0.25, 0.3) is 11.1 Å². The van der Waals surface area contributed by atoms with E-state index in [1.807, 2.05) is 36.4 Å². The second-order valence-electron chi connectivity index (χ2n) is 5.43. The molecule has 0 fully saturated rings. The van der Waals surface area contributed by atoms with Crippen LogP contribution in [0.1, 0.15) is 16.7 Å². The van der Waals surface area contributed by atoms with Gasteiger partial charge in [-0.2, -0.15) is 5.10 Å². The number of hydrogen-bond donors (Lipinski definition) is 0. The fourth-order valence-electron chi connectivity index (χ4n) is 2.87. The van der Waals surface area contributed by atoms with Crippen molar-refractivity contribution in [1.82, 2.24) is 0 Å². The standard InChI is InChI=1S/C20H12Cl2N2/c21-18-11-5-6-13(19(18)22)12-23-24-20-16-9-3-1-7-14(16)15-8-2-4-10-17(15)20/h1-12H/b23-12+. The first-order chi connectivity index (χ1) is 11.8. The lowest BCUT2D eigenvalue weighted by molar-refractivity contribution is 1.25. The van der Waals surface area contributed by atoms with Gasteiger partial charge in [-0.15, -0.1) is 5.10 Å². The van der Waals surface area contributed by atoms with E-state index in [2.05, 4.69) is 34.5 Å². The lowest BCUT2D eigenvalue weighted by atomic mass is 10.1. The van der Waals surface area contributed by atoms with Gasteiger partial charge in [0.2, 0.25) is 0 Å². The molecule has 0 unspecified atom stereocenters. The molecule has 3 aromatic carbocycles. The van der Waals surface area contributed by atoms with E-state index in [4.69, 9.17) is 23.2 Å². The summed E-state index contributed by atoms with van der Waals surface area (Å²) in [7, 11) is 0. The van der Waals surface area contributed by atoms with Crippen molar-refractivity contribution in [1.29, 1.82) is 0 Å². The topological polar surface area (TPSA) is 24.7 Å². The fourth-order valence-corrected chi connectivity index (χ4v) is 3.23. The van der Waals surface area contributed by atoms with Crippen LogP contribution in [0.5, 0.6) is 0 Å². The Morgan fingerprint density at radius 3 is 1.88 bits per heavy atom. The number of hydrogen-bond acceptors (Lipinski definition) is 2. The molecule has 0 saturated carbocycles. The van der Waals surface area contributed by atoms with Crippen LogP contribution in [-0.4, -0.2) is 11.9 Å². The second-order valence-corrected chi connectivity index (χ2v) is 6.21. The lowest BCUT2D eigenvalue weighted by Gasteiger charge is -2.00. The molecular weight excluding hydrogens is 339 g/mol. The molecule has 1 aliphatic carbocycles. The van der Waals surface area contributed by atoms with Gasteiger partial charge >= 0.3 is 0 Å². The SMILES string of the molecule is Clc1cccc(/C=N/N=C2c3ccccc3-c3ccccc32)c1Cl. The minimum atomic E-state index is 0.482. The van der Waals surface area contributed by atoms with Gasteiger partial charge in [0.1, 0.15) is 5.71 Å². The van der Waals surface area contributed by atoms with Crippen molar-refractivity contribution in [3.8, 4) is 11.1 Å². The number of nitrogens with zero attached hydrogens (tertiary/aromatic N) is 2. The van der Waals surface area contributed by atoms with Crippen LogP contribution in [-0.2, 0) is 0 Å². The van der Waals surface area contributed by atoms with Crippen molar-refractivity contribution in [2.45, 2.75) is 0 Å². The molecule has 4 rings (SSSR count). The van der Waals surface area contributed by atoms with E-state index in [9.17, 15) is 0 Å². The third kappa shape index (κ3) is 2.54. The minimum Gasteiger partial charge on any atom is -0.158 e. The molecule has 0 amide bonds. The molecular formula is C20H12Cl2N2. The van der Waals surface area contributed by atoms with Crippen LogP contribution in [0.15, 0.2) is 76.9 Å². The molecule has 0 aromatic heterocycles. The molecule has 0 bridgehead atoms. The van der Waals surface area contributed by atoms with Crippen LogP contribution in [0.2, 0.25) is 10.0 Å². The third-order valence-electron chi connectivity index (χ3n) is 3.99. The maximum Gasteiger partial charge on any atom is 0.101 e. The summed E-state index contributed by atoms with van der Waals surface area (Å²) in [6.45, 7) is 0. The Morgan fingerprint density at radius 1 is 0.667 bits per heavy atom. The first-order valence-corrected chi connectivity index (χ1v) is 8.25. The van der Waals surface area contributed by atoms with Gasteiger partial charge in [-0.1, -0.05) is 83.9 Å². The zero-order valence-electron chi connectivity index (χ0n) is 12.6. The normalized spacial score (nSPS) is 12.3. The van der Waals surface area contributed by atoms with Gasteiger partial charge in [0.05, 0.1) is 16.3 Å². The molecule has 24 heavy (non-hydrogen) atoms. The summed E-state index contributed by atoms with van der Waals surface area (Å²) in [6, 6.07) is 21.9. The molecule has 1 aliphatic rings. The predicted molar refractivity (Wildman–Crippen MR) is 102 cm³/mol. The van der Waals surface area contributed by atoms with E-state index in [0.29, 0.717) is 10.0 Å². The average molecular weight is 351 g/mol. The Balaban J connectivity index is 1.78. The summed E-state index contributed by atoms with van der Waals surface area (Å²) in [5, 5.41) is 9.69. The molecule has 0 spiro atoms. The highest BCUT2D eigenvalue weighted by Gasteiger charge is 2.23. The zero-order valence-corrected chi connectivity index (χ0v) is 14.1. The summed E-state index contributed by atoms with van der Waals surface area (Å²) in [5.41, 5.74) is 6.16. The molecule has 0 atom stereocenters. The molecule has 0 aliphatic heterocycles. The van der Waals surface area contributed by atoms with Crippen molar-refractivity contribution < 1.29 is 0 Å². The first kappa shape index (κ1) is 15.1. The van der Waals surface area contributed by atoms with Gasteiger partial charge in [-0.3, -0.25) is 0 Å². The van der Waals surface area contributed by atoms with E-state index in [-0.39, 0.29) is 0 Å². The largest absolute Gasteiger partial charge is 0.158 e. The lowest BCUT2D eigenvalue weighted by Crippen LogP contribution is -1.97. The maximum atomic E-state index is 6.18. The van der Waals surface area contributed by atoms with Gasteiger partial charge in [0.25, 0.3) is 0 Å². The highest BCUT2D eigenvalue weighted by molar-refractivity contribution is 6.43.